The van der Waals surface area contributed by atoms with Gasteiger partial charge in [0.1, 0.15) is 11.5 Å². The van der Waals surface area contributed by atoms with Gasteiger partial charge in [-0.3, -0.25) is 4.79 Å². The van der Waals surface area contributed by atoms with E-state index in [0.717, 1.165) is 12.1 Å². The van der Waals surface area contributed by atoms with Crippen molar-refractivity contribution in [1.82, 2.24) is 5.32 Å². The van der Waals surface area contributed by atoms with Gasteiger partial charge in [0, 0.05) is 18.2 Å². The number of hydrogen-bond acceptors (Lipinski definition) is 2. The number of carbonyl (C=O) groups is 1. The van der Waals surface area contributed by atoms with Crippen molar-refractivity contribution in [3.63, 3.8) is 0 Å². The zero-order valence-corrected chi connectivity index (χ0v) is 13.6. The maximum Gasteiger partial charge on any atom is 0.435 e. The smallest absolute Gasteiger partial charge is 0.435 e. The Hall–Kier alpha value is -2.78. The van der Waals surface area contributed by atoms with Crippen LogP contribution < -0.4 is 10.1 Å². The molecule has 0 saturated heterocycles. The van der Waals surface area contributed by atoms with Gasteiger partial charge in [-0.1, -0.05) is 12.1 Å². The molecule has 2 aromatic rings. The van der Waals surface area contributed by atoms with Crippen molar-refractivity contribution >= 4 is 5.91 Å². The molecule has 27 heavy (non-hydrogen) atoms. The first-order valence-corrected chi connectivity index (χ1v) is 7.33. The van der Waals surface area contributed by atoms with Crippen LogP contribution in [0.4, 0.5) is 30.7 Å². The lowest BCUT2D eigenvalue weighted by Crippen LogP contribution is -2.50. The lowest BCUT2D eigenvalue weighted by atomic mass is 9.94. The Kier molecular flexibility index (Phi) is 5.39. The normalized spacial score (nSPS) is 12.6. The Morgan fingerprint density at radius 1 is 0.778 bits per heavy atom. The zero-order valence-electron chi connectivity index (χ0n) is 13.6. The molecule has 2 aromatic carbocycles. The third-order valence-corrected chi connectivity index (χ3v) is 3.61. The largest absolute Gasteiger partial charge is 0.457 e. The van der Waals surface area contributed by atoms with E-state index in [9.17, 15) is 35.5 Å². The summed E-state index contributed by atoms with van der Waals surface area (Å²) in [4.78, 5) is 11.4. The summed E-state index contributed by atoms with van der Waals surface area (Å²) in [7, 11) is 1.43. The summed E-state index contributed by atoms with van der Waals surface area (Å²) in [5.41, 5.74) is -6.78. The van der Waals surface area contributed by atoms with Crippen molar-refractivity contribution < 1.29 is 40.3 Å². The van der Waals surface area contributed by atoms with E-state index in [1.54, 1.807) is 0 Å². The van der Waals surface area contributed by atoms with Gasteiger partial charge in [-0.15, -0.1) is 0 Å². The molecule has 0 aromatic heterocycles. The fourth-order valence-corrected chi connectivity index (χ4v) is 2.20. The Morgan fingerprint density at radius 3 is 1.56 bits per heavy atom. The van der Waals surface area contributed by atoms with Gasteiger partial charge in [0.15, 0.2) is 0 Å². The molecule has 0 spiro atoms. The average molecular weight is 395 g/mol. The highest BCUT2D eigenvalue weighted by Crippen LogP contribution is 2.53. The van der Waals surface area contributed by atoms with Crippen molar-refractivity contribution in [2.45, 2.75) is 18.0 Å². The van der Waals surface area contributed by atoms with Crippen LogP contribution in [0.5, 0.6) is 11.5 Å². The predicted octanol–water partition coefficient (Wildman–Crippen LogP) is 5.13. The minimum atomic E-state index is -6.18. The van der Waals surface area contributed by atoms with Crippen LogP contribution in [-0.2, 0) is 5.67 Å². The monoisotopic (exact) mass is 395 g/mol. The highest BCUT2D eigenvalue weighted by molar-refractivity contribution is 5.94. The third kappa shape index (κ3) is 3.99. The van der Waals surface area contributed by atoms with Gasteiger partial charge in [0.2, 0.25) is 0 Å². The van der Waals surface area contributed by atoms with E-state index < -0.39 is 23.6 Å². The molecule has 2 rings (SSSR count). The molecule has 0 bridgehead atoms. The topological polar surface area (TPSA) is 38.3 Å². The highest BCUT2D eigenvalue weighted by Gasteiger charge is 2.73. The molecule has 1 amide bonds. The number of rotatable bonds is 4. The Labute approximate surface area is 148 Å². The number of benzene rings is 2. The second-order valence-electron chi connectivity index (χ2n) is 5.38. The number of hydrogen-bond donors (Lipinski definition) is 1. The standard InChI is InChI=1S/C17H12F7NO2/c1-25-14(26)10-2-6-12(7-3-10)27-13-8-4-11(5-9-13)15(18,16(19,20)21)17(22,23)24/h2-9H,1H3,(H,25,26). The number of alkyl halides is 7. The van der Waals surface area contributed by atoms with E-state index in [1.165, 1.54) is 31.3 Å². The maximum absolute atomic E-state index is 13.9. The minimum absolute atomic E-state index is 0.113. The van der Waals surface area contributed by atoms with Crippen LogP contribution >= 0.6 is 0 Å². The zero-order chi connectivity index (χ0) is 20.5. The van der Waals surface area contributed by atoms with Gasteiger partial charge in [-0.25, -0.2) is 4.39 Å². The summed E-state index contributed by atoms with van der Waals surface area (Å²) >= 11 is 0. The van der Waals surface area contributed by atoms with Gasteiger partial charge in [0.25, 0.3) is 5.91 Å². The summed E-state index contributed by atoms with van der Waals surface area (Å²) in [6, 6.07) is 7.85. The number of ether oxygens (including phenoxy) is 1. The molecule has 0 unspecified atom stereocenters. The molecule has 146 valence electrons. The molecule has 10 heteroatoms. The Bertz CT molecular complexity index is 782. The van der Waals surface area contributed by atoms with Crippen LogP contribution in [0.1, 0.15) is 15.9 Å². The quantitative estimate of drug-likeness (QED) is 0.730. The molecule has 0 aliphatic carbocycles. The molecule has 1 N–H and O–H groups in total. The van der Waals surface area contributed by atoms with Gasteiger partial charge in [-0.2, -0.15) is 26.3 Å². The molecule has 0 aliphatic heterocycles. The molecular weight excluding hydrogens is 383 g/mol. The first-order chi connectivity index (χ1) is 12.4. The van der Waals surface area contributed by atoms with Crippen LogP contribution in [0.3, 0.4) is 0 Å². The summed E-state index contributed by atoms with van der Waals surface area (Å²) in [6.45, 7) is 0. The molecule has 0 fully saturated rings. The van der Waals surface area contributed by atoms with Crippen LogP contribution in [0.25, 0.3) is 0 Å². The van der Waals surface area contributed by atoms with Gasteiger partial charge in [-0.05, 0) is 36.4 Å². The lowest BCUT2D eigenvalue weighted by molar-refractivity contribution is -0.348. The molecule has 0 radical (unpaired) electrons. The van der Waals surface area contributed by atoms with E-state index in [1.807, 2.05) is 0 Å². The lowest BCUT2D eigenvalue weighted by Gasteiger charge is -2.30. The van der Waals surface area contributed by atoms with Gasteiger partial charge < -0.3 is 10.1 Å². The number of halogens is 7. The van der Waals surface area contributed by atoms with Crippen molar-refractivity contribution in [3.8, 4) is 11.5 Å². The summed E-state index contributed by atoms with van der Waals surface area (Å²) < 4.78 is 95.4. The number of amides is 1. The van der Waals surface area contributed by atoms with Crippen LogP contribution in [-0.4, -0.2) is 25.3 Å². The average Bonchev–Trinajstić information content (AvgIpc) is 2.59. The van der Waals surface area contributed by atoms with Gasteiger partial charge >= 0.3 is 18.0 Å². The molecule has 0 heterocycles. The van der Waals surface area contributed by atoms with Crippen LogP contribution in [0, 0.1) is 0 Å². The molecule has 0 saturated carbocycles. The van der Waals surface area contributed by atoms with Crippen LogP contribution in [0.2, 0.25) is 0 Å². The highest BCUT2D eigenvalue weighted by atomic mass is 19.4. The molecule has 0 atom stereocenters. The molecule has 0 aliphatic rings. The fourth-order valence-electron chi connectivity index (χ4n) is 2.20. The van der Waals surface area contributed by atoms with Crippen molar-refractivity contribution in [2.75, 3.05) is 7.05 Å². The Balaban J connectivity index is 2.25. The summed E-state index contributed by atoms with van der Waals surface area (Å²) in [5.74, 6) is -0.295. The third-order valence-electron chi connectivity index (χ3n) is 3.61. The van der Waals surface area contributed by atoms with E-state index in [4.69, 9.17) is 4.74 Å². The first-order valence-electron chi connectivity index (χ1n) is 7.33. The van der Waals surface area contributed by atoms with E-state index >= 15 is 0 Å². The molecule has 3 nitrogen and oxygen atoms in total. The second kappa shape index (κ2) is 7.09. The second-order valence-corrected chi connectivity index (χ2v) is 5.38. The molecular formula is C17H12F7NO2. The van der Waals surface area contributed by atoms with E-state index in [0.29, 0.717) is 17.7 Å². The van der Waals surface area contributed by atoms with E-state index in [-0.39, 0.29) is 17.4 Å². The van der Waals surface area contributed by atoms with Crippen molar-refractivity contribution in [3.05, 3.63) is 59.7 Å². The van der Waals surface area contributed by atoms with E-state index in [2.05, 4.69) is 5.32 Å². The predicted molar refractivity (Wildman–Crippen MR) is 81.2 cm³/mol. The van der Waals surface area contributed by atoms with Gasteiger partial charge in [0.05, 0.1) is 0 Å². The fraction of sp³-hybridized carbons (Fsp3) is 0.235. The maximum atomic E-state index is 13.9. The number of nitrogens with one attached hydrogen (secondary N) is 1. The SMILES string of the molecule is CNC(=O)c1ccc(Oc2ccc(C(F)(C(F)(F)F)C(F)(F)F)cc2)cc1. The van der Waals surface area contributed by atoms with Crippen molar-refractivity contribution in [1.29, 1.82) is 0 Å². The Morgan fingerprint density at radius 2 is 1.19 bits per heavy atom. The van der Waals surface area contributed by atoms with Crippen molar-refractivity contribution in [2.24, 2.45) is 0 Å². The summed E-state index contributed by atoms with van der Waals surface area (Å²) in [5, 5.41) is 2.40. The number of carbonyl (C=O) groups excluding carboxylic acids is 1. The minimum Gasteiger partial charge on any atom is -0.457 e. The summed E-state index contributed by atoms with van der Waals surface area (Å²) in [6.07, 6.45) is -12.4. The van der Waals surface area contributed by atoms with Crippen LogP contribution in [0.15, 0.2) is 48.5 Å². The first kappa shape index (κ1) is 20.5.